The van der Waals surface area contributed by atoms with Crippen LogP contribution in [0.3, 0.4) is 0 Å². The predicted octanol–water partition coefficient (Wildman–Crippen LogP) is 3.86. The Labute approximate surface area is 134 Å². The van der Waals surface area contributed by atoms with Crippen LogP contribution in [0.4, 0.5) is 0 Å². The standard InChI is InChI=1S/C19H28N2O/c1-14-7-10-21(11-8-14)13-19(3)9-6-16-12-15(2)4-5-17(16)18(19)20-22/h4-5,12,14,22H,6-11,13H2,1-3H3. The first-order chi connectivity index (χ1) is 10.5. The van der Waals surface area contributed by atoms with Gasteiger partial charge in [0.25, 0.3) is 0 Å². The molecule has 120 valence electrons. The third kappa shape index (κ3) is 2.91. The fourth-order valence-corrected chi connectivity index (χ4v) is 4.06. The summed E-state index contributed by atoms with van der Waals surface area (Å²) in [5.74, 6) is 0.852. The molecule has 1 fully saturated rings. The first kappa shape index (κ1) is 15.5. The minimum absolute atomic E-state index is 0.0441. The molecule has 1 aliphatic carbocycles. The number of piperidine rings is 1. The van der Waals surface area contributed by atoms with Crippen molar-refractivity contribution in [1.29, 1.82) is 0 Å². The number of oxime groups is 1. The third-order valence-electron chi connectivity index (χ3n) is 5.58. The van der Waals surface area contributed by atoms with Gasteiger partial charge in [-0.1, -0.05) is 42.8 Å². The SMILES string of the molecule is Cc1ccc2c(c1)CCC(C)(CN1CCC(C)CC1)C2=NO. The van der Waals surface area contributed by atoms with Gasteiger partial charge in [0, 0.05) is 17.5 Å². The molecule has 1 heterocycles. The molecule has 1 aromatic rings. The highest BCUT2D eigenvalue weighted by Crippen LogP contribution is 2.37. The summed E-state index contributed by atoms with van der Waals surface area (Å²) in [5.41, 5.74) is 4.60. The molecule has 1 aliphatic heterocycles. The van der Waals surface area contributed by atoms with Gasteiger partial charge in [0.05, 0.1) is 5.71 Å². The van der Waals surface area contributed by atoms with Crippen LogP contribution in [0.15, 0.2) is 23.4 Å². The van der Waals surface area contributed by atoms with Gasteiger partial charge in [-0.25, -0.2) is 0 Å². The van der Waals surface area contributed by atoms with Crippen molar-refractivity contribution in [3.8, 4) is 0 Å². The van der Waals surface area contributed by atoms with E-state index in [2.05, 4.69) is 49.0 Å². The summed E-state index contributed by atoms with van der Waals surface area (Å²) in [5, 5.41) is 13.4. The third-order valence-corrected chi connectivity index (χ3v) is 5.58. The van der Waals surface area contributed by atoms with Gasteiger partial charge in [-0.2, -0.15) is 0 Å². The fourth-order valence-electron chi connectivity index (χ4n) is 4.06. The van der Waals surface area contributed by atoms with Gasteiger partial charge in [0.2, 0.25) is 0 Å². The topological polar surface area (TPSA) is 35.8 Å². The van der Waals surface area contributed by atoms with E-state index in [-0.39, 0.29) is 5.41 Å². The zero-order chi connectivity index (χ0) is 15.7. The average Bonchev–Trinajstić information content (AvgIpc) is 2.50. The molecule has 3 rings (SSSR count). The van der Waals surface area contributed by atoms with Crippen molar-refractivity contribution in [2.75, 3.05) is 19.6 Å². The average molecular weight is 300 g/mol. The molecule has 22 heavy (non-hydrogen) atoms. The zero-order valence-corrected chi connectivity index (χ0v) is 14.1. The van der Waals surface area contributed by atoms with Crippen LogP contribution in [-0.4, -0.2) is 35.5 Å². The molecule has 1 atom stereocenters. The number of rotatable bonds is 2. The highest BCUT2D eigenvalue weighted by molar-refractivity contribution is 6.06. The van der Waals surface area contributed by atoms with Gasteiger partial charge in [-0.05, 0) is 57.2 Å². The van der Waals surface area contributed by atoms with Gasteiger partial charge in [-0.15, -0.1) is 0 Å². The summed E-state index contributed by atoms with van der Waals surface area (Å²) in [6.45, 7) is 10.1. The second kappa shape index (κ2) is 6.04. The second-order valence-electron chi connectivity index (χ2n) is 7.63. The first-order valence-electron chi connectivity index (χ1n) is 8.56. The number of hydrogen-bond donors (Lipinski definition) is 1. The maximum absolute atomic E-state index is 9.68. The highest BCUT2D eigenvalue weighted by Gasteiger charge is 2.38. The molecule has 0 amide bonds. The Balaban J connectivity index is 1.83. The molecule has 0 spiro atoms. The van der Waals surface area contributed by atoms with Crippen LogP contribution < -0.4 is 0 Å². The van der Waals surface area contributed by atoms with Crippen LogP contribution in [0.1, 0.15) is 49.8 Å². The summed E-state index contributed by atoms with van der Waals surface area (Å²) in [4.78, 5) is 2.56. The van der Waals surface area contributed by atoms with Gasteiger partial charge >= 0.3 is 0 Å². The van der Waals surface area contributed by atoms with Gasteiger partial charge < -0.3 is 10.1 Å². The number of benzene rings is 1. The van der Waals surface area contributed by atoms with Crippen molar-refractivity contribution >= 4 is 5.71 Å². The Kier molecular flexibility index (Phi) is 4.26. The summed E-state index contributed by atoms with van der Waals surface area (Å²) in [7, 11) is 0. The van der Waals surface area contributed by atoms with E-state index in [0.29, 0.717) is 0 Å². The lowest BCUT2D eigenvalue weighted by atomic mass is 9.70. The number of hydrogen-bond acceptors (Lipinski definition) is 3. The molecule has 0 radical (unpaired) electrons. The Morgan fingerprint density at radius 1 is 1.32 bits per heavy atom. The fraction of sp³-hybridized carbons (Fsp3) is 0.632. The summed E-state index contributed by atoms with van der Waals surface area (Å²) in [6.07, 6.45) is 4.72. The first-order valence-corrected chi connectivity index (χ1v) is 8.56. The van der Waals surface area contributed by atoms with Gasteiger partial charge in [-0.3, -0.25) is 0 Å². The van der Waals surface area contributed by atoms with Crippen molar-refractivity contribution in [2.45, 2.75) is 46.5 Å². The van der Waals surface area contributed by atoms with E-state index in [1.165, 1.54) is 37.1 Å². The molecule has 3 heteroatoms. The predicted molar refractivity (Wildman–Crippen MR) is 90.8 cm³/mol. The lowest BCUT2D eigenvalue weighted by Gasteiger charge is -2.41. The Hall–Kier alpha value is -1.35. The van der Waals surface area contributed by atoms with E-state index >= 15 is 0 Å². The number of aryl methyl sites for hydroxylation is 2. The summed E-state index contributed by atoms with van der Waals surface area (Å²) >= 11 is 0. The van der Waals surface area contributed by atoms with Crippen LogP contribution in [-0.2, 0) is 6.42 Å². The maximum Gasteiger partial charge on any atom is 0.0942 e. The number of likely N-dealkylation sites (tertiary alicyclic amines) is 1. The number of fused-ring (bicyclic) bond motifs is 1. The molecule has 1 unspecified atom stereocenters. The second-order valence-corrected chi connectivity index (χ2v) is 7.63. The van der Waals surface area contributed by atoms with E-state index < -0.39 is 0 Å². The van der Waals surface area contributed by atoms with Crippen LogP contribution in [0, 0.1) is 18.3 Å². The van der Waals surface area contributed by atoms with Crippen molar-refractivity contribution in [3.05, 3.63) is 34.9 Å². The molecule has 1 aromatic carbocycles. The van der Waals surface area contributed by atoms with E-state index in [4.69, 9.17) is 0 Å². The zero-order valence-electron chi connectivity index (χ0n) is 14.1. The van der Waals surface area contributed by atoms with Crippen LogP contribution in [0.2, 0.25) is 0 Å². The van der Waals surface area contributed by atoms with E-state index in [1.54, 1.807) is 0 Å². The minimum Gasteiger partial charge on any atom is -0.411 e. The lowest BCUT2D eigenvalue weighted by molar-refractivity contribution is 0.146. The Bertz CT molecular complexity index is 573. The molecule has 1 N–H and O–H groups in total. The largest absolute Gasteiger partial charge is 0.411 e. The molecule has 0 aromatic heterocycles. The molecule has 3 nitrogen and oxygen atoms in total. The van der Waals surface area contributed by atoms with E-state index in [1.807, 2.05) is 0 Å². The van der Waals surface area contributed by atoms with Gasteiger partial charge in [0.15, 0.2) is 0 Å². The van der Waals surface area contributed by atoms with Crippen molar-refractivity contribution in [3.63, 3.8) is 0 Å². The molecule has 0 bridgehead atoms. The summed E-state index contributed by atoms with van der Waals surface area (Å²) in [6, 6.07) is 6.50. The van der Waals surface area contributed by atoms with E-state index in [9.17, 15) is 5.21 Å². The van der Waals surface area contributed by atoms with Crippen molar-refractivity contribution in [1.82, 2.24) is 4.90 Å². The normalized spacial score (nSPS) is 28.8. The molecule has 0 saturated carbocycles. The molecule has 1 saturated heterocycles. The number of nitrogens with zero attached hydrogens (tertiary/aromatic N) is 2. The quantitative estimate of drug-likeness (QED) is 0.665. The van der Waals surface area contributed by atoms with Gasteiger partial charge in [0.1, 0.15) is 0 Å². The van der Waals surface area contributed by atoms with Crippen LogP contribution >= 0.6 is 0 Å². The van der Waals surface area contributed by atoms with Crippen LogP contribution in [0.5, 0.6) is 0 Å². The molecular weight excluding hydrogens is 272 g/mol. The molecule has 2 aliphatic rings. The molecular formula is C19H28N2O. The Morgan fingerprint density at radius 3 is 2.73 bits per heavy atom. The smallest absolute Gasteiger partial charge is 0.0942 e. The monoisotopic (exact) mass is 300 g/mol. The maximum atomic E-state index is 9.68. The Morgan fingerprint density at radius 2 is 2.05 bits per heavy atom. The van der Waals surface area contributed by atoms with Crippen molar-refractivity contribution < 1.29 is 5.21 Å². The minimum atomic E-state index is -0.0441. The lowest BCUT2D eigenvalue weighted by Crippen LogP contribution is -2.46. The van der Waals surface area contributed by atoms with Crippen LogP contribution in [0.25, 0.3) is 0 Å². The highest BCUT2D eigenvalue weighted by atomic mass is 16.4. The van der Waals surface area contributed by atoms with E-state index in [0.717, 1.165) is 36.6 Å². The van der Waals surface area contributed by atoms with Crippen molar-refractivity contribution in [2.24, 2.45) is 16.5 Å². The summed E-state index contributed by atoms with van der Waals surface area (Å²) < 4.78 is 0.